The molecule has 4 aromatic rings. The zero-order valence-corrected chi connectivity index (χ0v) is 15.3. The Bertz CT molecular complexity index is 1110. The minimum absolute atomic E-state index is 0.0905. The standard InChI is InChI=1S/C22H20N4O/c1-15-8-10-17(11-9-15)13-24-22(27)18-5-3-7-20(16(18)2)26-14-25-19-6-4-12-23-21(19)26/h3-12,14H,13H2,1-2H3,(H,24,27). The largest absolute Gasteiger partial charge is 0.348 e. The van der Waals surface area contributed by atoms with E-state index in [1.165, 1.54) is 5.56 Å². The topological polar surface area (TPSA) is 59.8 Å². The molecule has 0 bridgehead atoms. The van der Waals surface area contributed by atoms with Crippen molar-refractivity contribution in [2.45, 2.75) is 20.4 Å². The zero-order chi connectivity index (χ0) is 18.8. The van der Waals surface area contributed by atoms with Gasteiger partial charge in [0.1, 0.15) is 11.8 Å². The van der Waals surface area contributed by atoms with Crippen LogP contribution in [0.3, 0.4) is 0 Å². The summed E-state index contributed by atoms with van der Waals surface area (Å²) in [4.78, 5) is 21.5. The van der Waals surface area contributed by atoms with Gasteiger partial charge in [0.05, 0.1) is 5.69 Å². The van der Waals surface area contributed by atoms with Crippen LogP contribution >= 0.6 is 0 Å². The Morgan fingerprint density at radius 1 is 1.00 bits per heavy atom. The van der Waals surface area contributed by atoms with Crippen LogP contribution in [0.25, 0.3) is 16.9 Å². The molecule has 1 amide bonds. The summed E-state index contributed by atoms with van der Waals surface area (Å²) in [7, 11) is 0. The van der Waals surface area contributed by atoms with E-state index in [0.717, 1.165) is 28.0 Å². The highest BCUT2D eigenvalue weighted by atomic mass is 16.1. The van der Waals surface area contributed by atoms with Crippen molar-refractivity contribution in [3.8, 4) is 5.69 Å². The van der Waals surface area contributed by atoms with Crippen LogP contribution in [0, 0.1) is 13.8 Å². The number of hydrogen-bond acceptors (Lipinski definition) is 3. The fourth-order valence-electron chi connectivity index (χ4n) is 3.14. The quantitative estimate of drug-likeness (QED) is 0.602. The zero-order valence-electron chi connectivity index (χ0n) is 15.3. The van der Waals surface area contributed by atoms with Crippen molar-refractivity contribution in [1.29, 1.82) is 0 Å². The maximum Gasteiger partial charge on any atom is 0.251 e. The lowest BCUT2D eigenvalue weighted by Crippen LogP contribution is -2.24. The van der Waals surface area contributed by atoms with E-state index in [4.69, 9.17) is 0 Å². The summed E-state index contributed by atoms with van der Waals surface area (Å²) in [5, 5.41) is 3.01. The van der Waals surface area contributed by atoms with Gasteiger partial charge in [-0.1, -0.05) is 35.9 Å². The highest BCUT2D eigenvalue weighted by molar-refractivity contribution is 5.96. The predicted molar refractivity (Wildman–Crippen MR) is 106 cm³/mol. The van der Waals surface area contributed by atoms with Crippen molar-refractivity contribution in [3.63, 3.8) is 0 Å². The second-order valence-corrected chi connectivity index (χ2v) is 6.58. The van der Waals surface area contributed by atoms with E-state index in [1.54, 1.807) is 12.5 Å². The molecule has 0 radical (unpaired) electrons. The average molecular weight is 356 g/mol. The minimum atomic E-state index is -0.0905. The maximum atomic E-state index is 12.7. The molecular formula is C22H20N4O. The van der Waals surface area contributed by atoms with Crippen molar-refractivity contribution < 1.29 is 4.79 Å². The van der Waals surface area contributed by atoms with Gasteiger partial charge >= 0.3 is 0 Å². The van der Waals surface area contributed by atoms with Crippen LogP contribution < -0.4 is 5.32 Å². The molecule has 0 unspecified atom stereocenters. The monoisotopic (exact) mass is 356 g/mol. The highest BCUT2D eigenvalue weighted by Crippen LogP contribution is 2.22. The second kappa shape index (κ2) is 7.03. The van der Waals surface area contributed by atoms with Gasteiger partial charge in [-0.25, -0.2) is 9.97 Å². The molecule has 0 fully saturated rings. The van der Waals surface area contributed by atoms with Crippen LogP contribution in [0.5, 0.6) is 0 Å². The Morgan fingerprint density at radius 3 is 2.63 bits per heavy atom. The van der Waals surface area contributed by atoms with E-state index < -0.39 is 0 Å². The Morgan fingerprint density at radius 2 is 1.81 bits per heavy atom. The highest BCUT2D eigenvalue weighted by Gasteiger charge is 2.14. The Hall–Kier alpha value is -3.47. The summed E-state index contributed by atoms with van der Waals surface area (Å²) >= 11 is 0. The lowest BCUT2D eigenvalue weighted by Gasteiger charge is -2.13. The summed E-state index contributed by atoms with van der Waals surface area (Å²) in [5.74, 6) is -0.0905. The maximum absolute atomic E-state index is 12.7. The second-order valence-electron chi connectivity index (χ2n) is 6.58. The molecule has 0 saturated heterocycles. The molecule has 0 aliphatic heterocycles. The van der Waals surface area contributed by atoms with Crippen molar-refractivity contribution >= 4 is 17.1 Å². The summed E-state index contributed by atoms with van der Waals surface area (Å²) in [6.45, 7) is 4.50. The van der Waals surface area contributed by atoms with E-state index in [-0.39, 0.29) is 5.91 Å². The molecule has 2 heterocycles. The van der Waals surface area contributed by atoms with Crippen molar-refractivity contribution in [1.82, 2.24) is 19.9 Å². The van der Waals surface area contributed by atoms with Crippen molar-refractivity contribution in [2.75, 3.05) is 0 Å². The molecule has 5 nitrogen and oxygen atoms in total. The molecule has 2 aromatic heterocycles. The molecule has 4 rings (SSSR count). The molecular weight excluding hydrogens is 336 g/mol. The third-order valence-corrected chi connectivity index (χ3v) is 4.69. The molecule has 1 N–H and O–H groups in total. The van der Waals surface area contributed by atoms with Crippen LogP contribution in [-0.2, 0) is 6.54 Å². The first kappa shape index (κ1) is 17.0. The number of aromatic nitrogens is 3. The fraction of sp³-hybridized carbons (Fsp3) is 0.136. The Labute approximate surface area is 157 Å². The van der Waals surface area contributed by atoms with Gasteiger partial charge in [0.2, 0.25) is 0 Å². The predicted octanol–water partition coefficient (Wildman–Crippen LogP) is 3.97. The van der Waals surface area contributed by atoms with Gasteiger partial charge in [-0.3, -0.25) is 9.36 Å². The summed E-state index contributed by atoms with van der Waals surface area (Å²) < 4.78 is 1.92. The first-order valence-electron chi connectivity index (χ1n) is 8.85. The number of carbonyl (C=O) groups is 1. The molecule has 0 aliphatic rings. The summed E-state index contributed by atoms with van der Waals surface area (Å²) in [6, 6.07) is 17.6. The Kier molecular flexibility index (Phi) is 4.42. The lowest BCUT2D eigenvalue weighted by atomic mass is 10.1. The van der Waals surface area contributed by atoms with Gasteiger partial charge in [-0.2, -0.15) is 0 Å². The molecule has 0 aliphatic carbocycles. The third-order valence-electron chi connectivity index (χ3n) is 4.69. The van der Waals surface area contributed by atoms with Crippen molar-refractivity contribution in [2.24, 2.45) is 0 Å². The molecule has 134 valence electrons. The number of pyridine rings is 1. The van der Waals surface area contributed by atoms with Gasteiger partial charge in [0.15, 0.2) is 5.65 Å². The van der Waals surface area contributed by atoms with Gasteiger partial charge in [0.25, 0.3) is 5.91 Å². The van der Waals surface area contributed by atoms with Crippen LogP contribution in [0.4, 0.5) is 0 Å². The van der Waals surface area contributed by atoms with Gasteiger partial charge < -0.3 is 5.32 Å². The van der Waals surface area contributed by atoms with E-state index in [9.17, 15) is 4.79 Å². The molecule has 5 heteroatoms. The van der Waals surface area contributed by atoms with Gasteiger partial charge in [-0.15, -0.1) is 0 Å². The number of amides is 1. The molecule has 0 saturated carbocycles. The number of carbonyl (C=O) groups excluding carboxylic acids is 1. The first-order valence-corrected chi connectivity index (χ1v) is 8.85. The molecule has 0 atom stereocenters. The van der Waals surface area contributed by atoms with Crippen LogP contribution in [0.1, 0.15) is 27.0 Å². The van der Waals surface area contributed by atoms with Gasteiger partial charge in [0, 0.05) is 18.3 Å². The minimum Gasteiger partial charge on any atom is -0.348 e. The SMILES string of the molecule is Cc1ccc(CNC(=O)c2cccc(-n3cnc4cccnc43)c2C)cc1. The van der Waals surface area contributed by atoms with Crippen LogP contribution in [0.15, 0.2) is 67.1 Å². The number of benzene rings is 2. The first-order chi connectivity index (χ1) is 13.1. The van der Waals surface area contributed by atoms with E-state index >= 15 is 0 Å². The molecule has 0 spiro atoms. The number of imidazole rings is 1. The number of nitrogens with one attached hydrogen (secondary N) is 1. The van der Waals surface area contributed by atoms with E-state index in [1.807, 2.05) is 73.0 Å². The Balaban J connectivity index is 1.61. The van der Waals surface area contributed by atoms with Crippen LogP contribution in [0.2, 0.25) is 0 Å². The van der Waals surface area contributed by atoms with E-state index in [2.05, 4.69) is 15.3 Å². The third kappa shape index (κ3) is 3.31. The van der Waals surface area contributed by atoms with E-state index in [0.29, 0.717) is 12.1 Å². The number of rotatable bonds is 4. The lowest BCUT2D eigenvalue weighted by molar-refractivity contribution is 0.0950. The van der Waals surface area contributed by atoms with Crippen molar-refractivity contribution in [3.05, 3.63) is 89.4 Å². The number of hydrogen-bond donors (Lipinski definition) is 1. The number of fused-ring (bicyclic) bond motifs is 1. The number of nitrogens with zero attached hydrogens (tertiary/aromatic N) is 3. The molecule has 27 heavy (non-hydrogen) atoms. The summed E-state index contributed by atoms with van der Waals surface area (Å²) in [6.07, 6.45) is 3.49. The number of aryl methyl sites for hydroxylation is 1. The van der Waals surface area contributed by atoms with Crippen LogP contribution in [-0.4, -0.2) is 20.4 Å². The smallest absolute Gasteiger partial charge is 0.251 e. The normalized spacial score (nSPS) is 10.9. The van der Waals surface area contributed by atoms with Gasteiger partial charge in [-0.05, 0) is 49.2 Å². The molecule has 2 aromatic carbocycles. The fourth-order valence-corrected chi connectivity index (χ4v) is 3.14. The average Bonchev–Trinajstić information content (AvgIpc) is 3.11. The summed E-state index contributed by atoms with van der Waals surface area (Å²) in [5.41, 5.74) is 6.33.